The first kappa shape index (κ1) is 17.7. The van der Waals surface area contributed by atoms with E-state index in [1.54, 1.807) is 0 Å². The van der Waals surface area contributed by atoms with Crippen molar-refractivity contribution in [3.63, 3.8) is 0 Å². The van der Waals surface area contributed by atoms with Crippen LogP contribution in [-0.2, 0) is 19.6 Å². The van der Waals surface area contributed by atoms with Gasteiger partial charge in [-0.15, -0.1) is 0 Å². The zero-order valence-electron chi connectivity index (χ0n) is 11.7. The molecule has 0 aliphatic rings. The highest BCUT2D eigenvalue weighted by Crippen LogP contribution is 2.22. The molecule has 1 amide bonds. The van der Waals surface area contributed by atoms with Gasteiger partial charge in [-0.25, -0.2) is 8.42 Å². The number of benzene rings is 1. The molecule has 0 saturated carbocycles. The zero-order chi connectivity index (χ0) is 16.0. The number of anilines is 1. The lowest BCUT2D eigenvalue weighted by Gasteiger charge is -2.15. The van der Waals surface area contributed by atoms with Gasteiger partial charge in [0, 0.05) is 18.7 Å². The number of rotatable bonds is 7. The Bertz CT molecular complexity index is 607. The maximum atomic E-state index is 12.2. The second kappa shape index (κ2) is 7.60. The summed E-state index contributed by atoms with van der Waals surface area (Å²) in [7, 11) is -2.44. The molecular weight excluding hydrogens is 318 g/mol. The number of ether oxygens (including phenoxy) is 1. The van der Waals surface area contributed by atoms with E-state index in [4.69, 9.17) is 22.1 Å². The molecule has 118 valence electrons. The molecule has 1 atom stereocenters. The van der Waals surface area contributed by atoms with Gasteiger partial charge in [-0.1, -0.05) is 11.6 Å². The molecule has 1 aromatic carbocycles. The topological polar surface area (TPSA) is 111 Å². The molecular formula is C12H18ClN3O4S. The monoisotopic (exact) mass is 335 g/mol. The number of nitrogen functional groups attached to an aromatic ring is 1. The minimum atomic E-state index is -3.94. The van der Waals surface area contributed by atoms with Crippen LogP contribution in [0.4, 0.5) is 5.69 Å². The Morgan fingerprint density at radius 2 is 2.14 bits per heavy atom. The van der Waals surface area contributed by atoms with Gasteiger partial charge in [0.25, 0.3) is 0 Å². The second-order valence-corrected chi connectivity index (χ2v) is 6.43. The van der Waals surface area contributed by atoms with Crippen molar-refractivity contribution in [2.24, 2.45) is 0 Å². The van der Waals surface area contributed by atoms with E-state index >= 15 is 0 Å². The van der Waals surface area contributed by atoms with Crippen molar-refractivity contribution in [1.29, 1.82) is 0 Å². The molecule has 0 saturated heterocycles. The molecule has 0 fully saturated rings. The van der Waals surface area contributed by atoms with Crippen LogP contribution in [0, 0.1) is 0 Å². The molecule has 0 aromatic heterocycles. The first-order chi connectivity index (χ1) is 9.77. The number of hydrogen-bond acceptors (Lipinski definition) is 5. The van der Waals surface area contributed by atoms with Crippen molar-refractivity contribution in [3.05, 3.63) is 23.2 Å². The van der Waals surface area contributed by atoms with Gasteiger partial charge in [0.1, 0.15) is 4.90 Å². The Morgan fingerprint density at radius 1 is 1.48 bits per heavy atom. The van der Waals surface area contributed by atoms with Gasteiger partial charge in [0.05, 0.1) is 18.3 Å². The minimum absolute atomic E-state index is 0.0545. The molecule has 4 N–H and O–H groups in total. The summed E-state index contributed by atoms with van der Waals surface area (Å²) >= 11 is 5.77. The van der Waals surface area contributed by atoms with E-state index in [0.29, 0.717) is 13.2 Å². The molecule has 1 aromatic rings. The Morgan fingerprint density at radius 3 is 2.76 bits per heavy atom. The maximum absolute atomic E-state index is 12.2. The van der Waals surface area contributed by atoms with Crippen molar-refractivity contribution >= 4 is 33.2 Å². The standard InChI is InChI=1S/C12H18ClN3O4S/c1-8(12(17)15-5-6-20-2)16-21(18,19)11-7-9(13)3-4-10(11)14/h3-4,7-8,16H,5-6,14H2,1-2H3,(H,15,17). The fourth-order valence-corrected chi connectivity index (χ4v) is 3.12. The van der Waals surface area contributed by atoms with E-state index < -0.39 is 22.0 Å². The van der Waals surface area contributed by atoms with Gasteiger partial charge in [-0.2, -0.15) is 4.72 Å². The number of carbonyl (C=O) groups excluding carboxylic acids is 1. The summed E-state index contributed by atoms with van der Waals surface area (Å²) in [5.74, 6) is -0.462. The number of nitrogens with one attached hydrogen (secondary N) is 2. The predicted molar refractivity (Wildman–Crippen MR) is 80.5 cm³/mol. The van der Waals surface area contributed by atoms with Gasteiger partial charge in [-0.05, 0) is 25.1 Å². The average molecular weight is 336 g/mol. The van der Waals surface area contributed by atoms with Crippen molar-refractivity contribution < 1.29 is 17.9 Å². The van der Waals surface area contributed by atoms with Crippen LogP contribution in [-0.4, -0.2) is 40.6 Å². The number of hydrogen-bond donors (Lipinski definition) is 3. The smallest absolute Gasteiger partial charge is 0.243 e. The predicted octanol–water partition coefficient (Wildman–Crippen LogP) is 0.352. The van der Waals surface area contributed by atoms with E-state index in [1.165, 1.54) is 32.2 Å². The fourth-order valence-electron chi connectivity index (χ4n) is 1.52. The zero-order valence-corrected chi connectivity index (χ0v) is 13.3. The molecule has 9 heteroatoms. The van der Waals surface area contributed by atoms with Crippen LogP contribution in [0.3, 0.4) is 0 Å². The Balaban J connectivity index is 2.80. The third-order valence-electron chi connectivity index (χ3n) is 2.60. The number of sulfonamides is 1. The molecule has 0 bridgehead atoms. The first-order valence-electron chi connectivity index (χ1n) is 6.12. The molecule has 1 unspecified atom stereocenters. The van der Waals surface area contributed by atoms with Crippen molar-refractivity contribution in [2.75, 3.05) is 26.0 Å². The number of halogens is 1. The molecule has 0 heterocycles. The van der Waals surface area contributed by atoms with Crippen molar-refractivity contribution in [3.8, 4) is 0 Å². The summed E-state index contributed by atoms with van der Waals surface area (Å²) in [6.45, 7) is 2.06. The van der Waals surface area contributed by atoms with E-state index in [1.807, 2.05) is 0 Å². The van der Waals surface area contributed by atoms with Crippen molar-refractivity contribution in [1.82, 2.24) is 10.0 Å². The fraction of sp³-hybridized carbons (Fsp3) is 0.417. The first-order valence-corrected chi connectivity index (χ1v) is 7.98. The third kappa shape index (κ3) is 5.16. The molecule has 7 nitrogen and oxygen atoms in total. The van der Waals surface area contributed by atoms with E-state index in [2.05, 4.69) is 10.0 Å². The number of nitrogens with two attached hydrogens (primary N) is 1. The summed E-state index contributed by atoms with van der Waals surface area (Å²) in [5.41, 5.74) is 5.69. The molecule has 0 aliphatic carbocycles. The summed E-state index contributed by atoms with van der Waals surface area (Å²) < 4.78 is 31.4. The van der Waals surface area contributed by atoms with Crippen LogP contribution < -0.4 is 15.8 Å². The van der Waals surface area contributed by atoms with Gasteiger partial charge in [0.2, 0.25) is 15.9 Å². The molecule has 0 aliphatic heterocycles. The maximum Gasteiger partial charge on any atom is 0.243 e. The highest BCUT2D eigenvalue weighted by Gasteiger charge is 2.23. The number of carbonyl (C=O) groups is 1. The van der Waals surface area contributed by atoms with Gasteiger partial charge in [0.15, 0.2) is 0 Å². The molecule has 0 radical (unpaired) electrons. The third-order valence-corrected chi connectivity index (χ3v) is 4.43. The SMILES string of the molecule is COCCNC(=O)C(C)NS(=O)(=O)c1cc(Cl)ccc1N. The highest BCUT2D eigenvalue weighted by atomic mass is 35.5. The lowest BCUT2D eigenvalue weighted by molar-refractivity contribution is -0.122. The molecule has 0 spiro atoms. The van der Waals surface area contributed by atoms with Crippen LogP contribution >= 0.6 is 11.6 Å². The Hall–Kier alpha value is -1.35. The molecule has 1 rings (SSSR count). The Kier molecular flexibility index (Phi) is 6.41. The van der Waals surface area contributed by atoms with Crippen LogP contribution in [0.5, 0.6) is 0 Å². The lowest BCUT2D eigenvalue weighted by Crippen LogP contribution is -2.45. The summed E-state index contributed by atoms with van der Waals surface area (Å²) in [4.78, 5) is 11.6. The second-order valence-electron chi connectivity index (χ2n) is 4.31. The minimum Gasteiger partial charge on any atom is -0.398 e. The van der Waals surface area contributed by atoms with Gasteiger partial charge >= 0.3 is 0 Å². The van der Waals surface area contributed by atoms with E-state index in [-0.39, 0.29) is 15.6 Å². The summed E-state index contributed by atoms with van der Waals surface area (Å²) in [6.07, 6.45) is 0. The van der Waals surface area contributed by atoms with Crippen LogP contribution in [0.15, 0.2) is 23.1 Å². The largest absolute Gasteiger partial charge is 0.398 e. The highest BCUT2D eigenvalue weighted by molar-refractivity contribution is 7.89. The summed E-state index contributed by atoms with van der Waals surface area (Å²) in [5, 5.41) is 2.77. The van der Waals surface area contributed by atoms with E-state index in [0.717, 1.165) is 0 Å². The Labute approximate surface area is 128 Å². The quantitative estimate of drug-likeness (QED) is 0.492. The van der Waals surface area contributed by atoms with Gasteiger partial charge in [-0.3, -0.25) is 4.79 Å². The average Bonchev–Trinajstić information content (AvgIpc) is 2.41. The van der Waals surface area contributed by atoms with Crippen molar-refractivity contribution in [2.45, 2.75) is 17.9 Å². The number of amides is 1. The van der Waals surface area contributed by atoms with E-state index in [9.17, 15) is 13.2 Å². The normalized spacial score (nSPS) is 12.9. The summed E-state index contributed by atoms with van der Waals surface area (Å²) in [6, 6.07) is 3.15. The number of methoxy groups -OCH3 is 1. The lowest BCUT2D eigenvalue weighted by atomic mass is 10.3. The van der Waals surface area contributed by atoms with Crippen LogP contribution in [0.2, 0.25) is 5.02 Å². The molecule has 21 heavy (non-hydrogen) atoms. The van der Waals surface area contributed by atoms with Crippen LogP contribution in [0.1, 0.15) is 6.92 Å². The van der Waals surface area contributed by atoms with Crippen LogP contribution in [0.25, 0.3) is 0 Å². The van der Waals surface area contributed by atoms with Gasteiger partial charge < -0.3 is 15.8 Å².